The van der Waals surface area contributed by atoms with Crippen LogP contribution in [0, 0.1) is 5.92 Å². The molecule has 1 saturated carbocycles. The third-order valence-corrected chi connectivity index (χ3v) is 5.72. The second-order valence-electron chi connectivity index (χ2n) is 7.52. The van der Waals surface area contributed by atoms with E-state index in [2.05, 4.69) is 5.32 Å². The van der Waals surface area contributed by atoms with Crippen molar-refractivity contribution in [2.75, 3.05) is 26.8 Å². The van der Waals surface area contributed by atoms with Gasteiger partial charge in [-0.2, -0.15) is 0 Å². The largest absolute Gasteiger partial charge is 0.381 e. The van der Waals surface area contributed by atoms with Crippen molar-refractivity contribution in [2.24, 2.45) is 5.92 Å². The summed E-state index contributed by atoms with van der Waals surface area (Å²) in [5.74, 6) is -0.449. The van der Waals surface area contributed by atoms with E-state index in [9.17, 15) is 14.4 Å². The van der Waals surface area contributed by atoms with E-state index in [1.807, 2.05) is 0 Å². The lowest BCUT2D eigenvalue weighted by Gasteiger charge is -2.34. The first-order chi connectivity index (χ1) is 13.1. The number of ether oxygens (including phenoxy) is 2. The van der Waals surface area contributed by atoms with Gasteiger partial charge in [-0.3, -0.25) is 19.3 Å². The Balaban J connectivity index is 1.40. The molecule has 7 heteroatoms. The summed E-state index contributed by atoms with van der Waals surface area (Å²) in [7, 11) is 1.70. The summed E-state index contributed by atoms with van der Waals surface area (Å²) in [6.07, 6.45) is 3.91. The molecule has 2 fully saturated rings. The second-order valence-corrected chi connectivity index (χ2v) is 7.52. The molecule has 1 saturated heterocycles. The maximum atomic E-state index is 12.7. The van der Waals surface area contributed by atoms with Crippen molar-refractivity contribution in [2.45, 2.75) is 37.9 Å². The third-order valence-electron chi connectivity index (χ3n) is 5.72. The standard InChI is InChI=1S/C20H24N2O5/c1-26-15-7-12(8-15)10-21-18(23)13-4-5-16-17(9-13)20(25)22(19(16)24)11-14-3-2-6-27-14/h4-5,9,12,14-15H,2-3,6-8,10-11H2,1H3,(H,21,23). The lowest BCUT2D eigenvalue weighted by Crippen LogP contribution is -2.39. The Hall–Kier alpha value is -2.25. The van der Waals surface area contributed by atoms with Crippen LogP contribution in [0.4, 0.5) is 0 Å². The first-order valence-corrected chi connectivity index (χ1v) is 9.49. The topological polar surface area (TPSA) is 84.9 Å². The van der Waals surface area contributed by atoms with Gasteiger partial charge in [-0.15, -0.1) is 0 Å². The summed E-state index contributed by atoms with van der Waals surface area (Å²) in [6.45, 7) is 1.54. The number of imide groups is 1. The fraction of sp³-hybridized carbons (Fsp3) is 0.550. The number of carbonyl (C=O) groups is 3. The predicted molar refractivity (Wildman–Crippen MR) is 96.6 cm³/mol. The van der Waals surface area contributed by atoms with Crippen LogP contribution in [-0.4, -0.2) is 61.6 Å². The number of fused-ring (bicyclic) bond motifs is 1. The Morgan fingerprint density at radius 2 is 2.04 bits per heavy atom. The molecule has 3 aliphatic rings. The molecule has 27 heavy (non-hydrogen) atoms. The summed E-state index contributed by atoms with van der Waals surface area (Å²) >= 11 is 0. The number of nitrogens with zero attached hydrogens (tertiary/aromatic N) is 1. The molecular weight excluding hydrogens is 348 g/mol. The Bertz CT molecular complexity index is 766. The molecule has 1 atom stereocenters. The molecular formula is C20H24N2O5. The van der Waals surface area contributed by atoms with E-state index < -0.39 is 0 Å². The van der Waals surface area contributed by atoms with Crippen molar-refractivity contribution in [3.63, 3.8) is 0 Å². The number of hydrogen-bond acceptors (Lipinski definition) is 5. The Morgan fingerprint density at radius 3 is 2.74 bits per heavy atom. The van der Waals surface area contributed by atoms with Crippen LogP contribution in [0.2, 0.25) is 0 Å². The van der Waals surface area contributed by atoms with E-state index >= 15 is 0 Å². The van der Waals surface area contributed by atoms with E-state index in [1.165, 1.54) is 11.0 Å². The third kappa shape index (κ3) is 3.49. The highest BCUT2D eigenvalue weighted by Gasteiger charge is 2.38. The van der Waals surface area contributed by atoms with Gasteiger partial charge in [0.1, 0.15) is 0 Å². The van der Waals surface area contributed by atoms with Gasteiger partial charge in [-0.25, -0.2) is 0 Å². The predicted octanol–water partition coefficient (Wildman–Crippen LogP) is 1.62. The Kier molecular flexibility index (Phi) is 4.97. The smallest absolute Gasteiger partial charge is 0.261 e. The van der Waals surface area contributed by atoms with Crippen LogP contribution in [0.1, 0.15) is 56.8 Å². The lowest BCUT2D eigenvalue weighted by molar-refractivity contribution is 0.00179. The van der Waals surface area contributed by atoms with Crippen molar-refractivity contribution in [3.8, 4) is 0 Å². The van der Waals surface area contributed by atoms with Gasteiger partial charge in [-0.05, 0) is 49.8 Å². The van der Waals surface area contributed by atoms with Gasteiger partial charge >= 0.3 is 0 Å². The van der Waals surface area contributed by atoms with Gasteiger partial charge in [-0.1, -0.05) is 0 Å². The second kappa shape index (κ2) is 7.40. The molecule has 144 valence electrons. The molecule has 0 bridgehead atoms. The fourth-order valence-electron chi connectivity index (χ4n) is 3.96. The molecule has 1 aliphatic carbocycles. The molecule has 1 aromatic carbocycles. The zero-order valence-electron chi connectivity index (χ0n) is 15.4. The molecule has 1 unspecified atom stereocenters. The van der Waals surface area contributed by atoms with Gasteiger partial charge in [0, 0.05) is 25.8 Å². The minimum atomic E-state index is -0.345. The highest BCUT2D eigenvalue weighted by Crippen LogP contribution is 2.29. The van der Waals surface area contributed by atoms with Crippen LogP contribution < -0.4 is 5.32 Å². The van der Waals surface area contributed by atoms with Crippen LogP contribution >= 0.6 is 0 Å². The molecule has 7 nitrogen and oxygen atoms in total. The number of methoxy groups -OCH3 is 1. The lowest BCUT2D eigenvalue weighted by atomic mass is 9.82. The van der Waals surface area contributed by atoms with Crippen molar-refractivity contribution in [1.29, 1.82) is 0 Å². The minimum Gasteiger partial charge on any atom is -0.381 e. The zero-order valence-corrected chi connectivity index (χ0v) is 15.4. The van der Waals surface area contributed by atoms with E-state index in [0.29, 0.717) is 41.9 Å². The normalized spacial score (nSPS) is 26.9. The average molecular weight is 372 g/mol. The SMILES string of the molecule is COC1CC(CNC(=O)c2ccc3c(c2)C(=O)N(CC2CCCO2)C3=O)C1. The zero-order chi connectivity index (χ0) is 19.0. The number of amides is 3. The molecule has 1 N–H and O–H groups in total. The minimum absolute atomic E-state index is 0.0895. The number of benzene rings is 1. The maximum Gasteiger partial charge on any atom is 0.261 e. The van der Waals surface area contributed by atoms with Gasteiger partial charge in [0.25, 0.3) is 17.7 Å². The molecule has 0 aromatic heterocycles. The molecule has 1 aromatic rings. The summed E-state index contributed by atoms with van der Waals surface area (Å²) < 4.78 is 10.8. The molecule has 2 heterocycles. The summed E-state index contributed by atoms with van der Waals surface area (Å²) in [4.78, 5) is 38.9. The number of nitrogens with one attached hydrogen (secondary N) is 1. The van der Waals surface area contributed by atoms with E-state index in [1.54, 1.807) is 19.2 Å². The molecule has 0 spiro atoms. The van der Waals surface area contributed by atoms with E-state index in [4.69, 9.17) is 9.47 Å². The molecule has 3 amide bonds. The van der Waals surface area contributed by atoms with Crippen molar-refractivity contribution < 1.29 is 23.9 Å². The van der Waals surface area contributed by atoms with Crippen molar-refractivity contribution in [1.82, 2.24) is 10.2 Å². The summed E-state index contributed by atoms with van der Waals surface area (Å²) in [5, 5.41) is 2.91. The Morgan fingerprint density at radius 1 is 1.26 bits per heavy atom. The van der Waals surface area contributed by atoms with Gasteiger partial charge in [0.15, 0.2) is 0 Å². The van der Waals surface area contributed by atoms with Crippen LogP contribution in [0.3, 0.4) is 0 Å². The Labute approximate surface area is 158 Å². The molecule has 4 rings (SSSR count). The highest BCUT2D eigenvalue weighted by molar-refractivity contribution is 6.22. The molecule has 2 aliphatic heterocycles. The summed E-state index contributed by atoms with van der Waals surface area (Å²) in [5.41, 5.74) is 1.06. The van der Waals surface area contributed by atoms with Gasteiger partial charge in [0.05, 0.1) is 29.9 Å². The van der Waals surface area contributed by atoms with Crippen molar-refractivity contribution >= 4 is 17.7 Å². The monoisotopic (exact) mass is 372 g/mol. The quantitative estimate of drug-likeness (QED) is 0.767. The number of hydrogen-bond donors (Lipinski definition) is 1. The molecule has 0 radical (unpaired) electrons. The van der Waals surface area contributed by atoms with Crippen LogP contribution in [0.5, 0.6) is 0 Å². The van der Waals surface area contributed by atoms with E-state index in [-0.39, 0.29) is 30.4 Å². The number of carbonyl (C=O) groups excluding carboxylic acids is 3. The van der Waals surface area contributed by atoms with Gasteiger partial charge < -0.3 is 14.8 Å². The first-order valence-electron chi connectivity index (χ1n) is 9.49. The van der Waals surface area contributed by atoms with Crippen LogP contribution in [-0.2, 0) is 9.47 Å². The van der Waals surface area contributed by atoms with Gasteiger partial charge in [0.2, 0.25) is 0 Å². The average Bonchev–Trinajstić information content (AvgIpc) is 3.23. The number of rotatable bonds is 6. The van der Waals surface area contributed by atoms with Crippen LogP contribution in [0.15, 0.2) is 18.2 Å². The van der Waals surface area contributed by atoms with E-state index in [0.717, 1.165) is 25.7 Å². The van der Waals surface area contributed by atoms with Crippen molar-refractivity contribution in [3.05, 3.63) is 34.9 Å². The fourth-order valence-corrected chi connectivity index (χ4v) is 3.96. The summed E-state index contributed by atoms with van der Waals surface area (Å²) in [6, 6.07) is 4.71. The maximum absolute atomic E-state index is 12.7. The highest BCUT2D eigenvalue weighted by atomic mass is 16.5. The van der Waals surface area contributed by atoms with Crippen LogP contribution in [0.25, 0.3) is 0 Å². The first kappa shape index (κ1) is 18.1.